The molecule has 2 heterocycles. The van der Waals surface area contributed by atoms with Crippen molar-refractivity contribution < 1.29 is 17.9 Å². The fourth-order valence-electron chi connectivity index (χ4n) is 2.64. The van der Waals surface area contributed by atoms with Crippen molar-refractivity contribution in [2.45, 2.75) is 18.3 Å². The topological polar surface area (TPSA) is 93.3 Å². The number of nitrogens with zero attached hydrogens (tertiary/aromatic N) is 2. The summed E-state index contributed by atoms with van der Waals surface area (Å²) in [5.74, 6) is -1.37. The van der Waals surface area contributed by atoms with Crippen LogP contribution in [0.15, 0.2) is 16.9 Å². The van der Waals surface area contributed by atoms with E-state index in [2.05, 4.69) is 4.72 Å². The number of nitrogens with one attached hydrogen (secondary N) is 1. The molecule has 1 atom stereocenters. The summed E-state index contributed by atoms with van der Waals surface area (Å²) in [4.78, 5) is 12.5. The van der Waals surface area contributed by atoms with E-state index in [1.54, 1.807) is 0 Å². The van der Waals surface area contributed by atoms with Gasteiger partial charge in [-0.05, 0) is 12.1 Å². The molecule has 0 unspecified atom stereocenters. The van der Waals surface area contributed by atoms with Crippen LogP contribution in [0.25, 0.3) is 5.69 Å². The highest BCUT2D eigenvalue weighted by atomic mass is 35.5. The maximum Gasteiger partial charge on any atom is 0.336 e. The number of fused-ring (bicyclic) bond motifs is 1. The van der Waals surface area contributed by atoms with Crippen LogP contribution in [0.3, 0.4) is 0 Å². The number of halogens is 4. The molecule has 0 aliphatic carbocycles. The van der Waals surface area contributed by atoms with Crippen LogP contribution in [0.5, 0.6) is 5.88 Å². The summed E-state index contributed by atoms with van der Waals surface area (Å²) in [6.07, 6.45) is 0.247. The van der Waals surface area contributed by atoms with Gasteiger partial charge >= 0.3 is 5.69 Å². The third-order valence-electron chi connectivity index (χ3n) is 3.70. The summed E-state index contributed by atoms with van der Waals surface area (Å²) < 4.78 is 41.6. The van der Waals surface area contributed by atoms with Gasteiger partial charge in [0.1, 0.15) is 11.0 Å². The van der Waals surface area contributed by atoms with Gasteiger partial charge < -0.3 is 5.11 Å². The Bertz CT molecular complexity index is 1020. The molecular formula is C13H11Cl3FN3O4S. The van der Waals surface area contributed by atoms with Crippen molar-refractivity contribution in [3.8, 4) is 11.6 Å². The largest absolute Gasteiger partial charge is 0.493 e. The molecule has 12 heteroatoms. The number of hydrogen-bond donors (Lipinski definition) is 2. The van der Waals surface area contributed by atoms with Gasteiger partial charge in [-0.3, -0.25) is 9.29 Å². The first kappa shape index (κ1) is 18.4. The lowest BCUT2D eigenvalue weighted by Gasteiger charge is -2.12. The van der Waals surface area contributed by atoms with E-state index in [4.69, 9.17) is 34.8 Å². The molecule has 0 spiro atoms. The average Bonchev–Trinajstić information content (AvgIpc) is 3.01. The van der Waals surface area contributed by atoms with Crippen LogP contribution in [0.2, 0.25) is 5.02 Å². The Morgan fingerprint density at radius 3 is 2.68 bits per heavy atom. The lowest BCUT2D eigenvalue weighted by molar-refractivity contribution is 0.432. The van der Waals surface area contributed by atoms with E-state index < -0.39 is 32.6 Å². The van der Waals surface area contributed by atoms with Crippen molar-refractivity contribution in [2.75, 3.05) is 9.93 Å². The normalized spacial score (nSPS) is 16.9. The number of aromatic hydroxyl groups is 1. The van der Waals surface area contributed by atoms with E-state index in [0.717, 1.165) is 16.7 Å². The van der Waals surface area contributed by atoms with Gasteiger partial charge in [0.25, 0.3) is 0 Å². The zero-order valence-electron chi connectivity index (χ0n) is 12.3. The number of alkyl halides is 2. The highest BCUT2D eigenvalue weighted by Gasteiger charge is 2.30. The van der Waals surface area contributed by atoms with Gasteiger partial charge in [-0.2, -0.15) is 0 Å². The number of rotatable bonds is 4. The first-order chi connectivity index (χ1) is 11.6. The molecule has 1 aromatic carbocycles. The summed E-state index contributed by atoms with van der Waals surface area (Å²) in [6, 6.07) is 1.85. The third kappa shape index (κ3) is 3.21. The predicted octanol–water partition coefficient (Wildman–Crippen LogP) is 2.24. The van der Waals surface area contributed by atoms with Crippen molar-refractivity contribution in [1.29, 1.82) is 0 Å². The summed E-state index contributed by atoms with van der Waals surface area (Å²) in [6.45, 7) is 0.178. The summed E-state index contributed by atoms with van der Waals surface area (Å²) >= 11 is 17.1. The van der Waals surface area contributed by atoms with Gasteiger partial charge in [-0.25, -0.2) is 22.2 Å². The van der Waals surface area contributed by atoms with Crippen LogP contribution in [-0.2, 0) is 23.0 Å². The quantitative estimate of drug-likeness (QED) is 0.728. The van der Waals surface area contributed by atoms with Gasteiger partial charge in [0.05, 0.1) is 27.5 Å². The number of imidazole rings is 1. The van der Waals surface area contributed by atoms with E-state index in [1.807, 2.05) is 0 Å². The standard InChI is InChI=1S/C13H11Cl3FN3O4S/c14-5-25(23,24)18-9-3-10(8(17)2-7(9)16)20-12(21)11-1-6(15)4-19(11)13(20)22/h2-3,6,18,21H,1,4-5H2/t6-/m0/s1. The minimum Gasteiger partial charge on any atom is -0.493 e. The molecule has 7 nitrogen and oxygen atoms in total. The molecule has 0 saturated heterocycles. The Morgan fingerprint density at radius 1 is 1.40 bits per heavy atom. The zero-order valence-corrected chi connectivity index (χ0v) is 15.4. The van der Waals surface area contributed by atoms with Gasteiger partial charge in [-0.15, -0.1) is 23.2 Å². The average molecular weight is 431 g/mol. The summed E-state index contributed by atoms with van der Waals surface area (Å²) in [5.41, 5.74) is -0.941. The minimum absolute atomic E-state index is 0.174. The Morgan fingerprint density at radius 2 is 2.08 bits per heavy atom. The minimum atomic E-state index is -3.89. The fraction of sp³-hybridized carbons (Fsp3) is 0.308. The van der Waals surface area contributed by atoms with Crippen LogP contribution in [0.4, 0.5) is 10.1 Å². The molecule has 136 valence electrons. The smallest absolute Gasteiger partial charge is 0.336 e. The molecule has 25 heavy (non-hydrogen) atoms. The molecule has 0 fully saturated rings. The Kier molecular flexibility index (Phi) is 4.69. The predicted molar refractivity (Wildman–Crippen MR) is 93.3 cm³/mol. The summed E-state index contributed by atoms with van der Waals surface area (Å²) in [7, 11) is -3.89. The Balaban J connectivity index is 2.17. The molecule has 1 aliphatic heterocycles. The lowest BCUT2D eigenvalue weighted by atomic mass is 10.2. The Labute approximate surface area is 156 Å². The number of sulfonamides is 1. The third-order valence-corrected chi connectivity index (χ3v) is 5.99. The van der Waals surface area contributed by atoms with Crippen LogP contribution in [0, 0.1) is 5.82 Å². The van der Waals surface area contributed by atoms with Crippen molar-refractivity contribution in [2.24, 2.45) is 0 Å². The van der Waals surface area contributed by atoms with Crippen molar-refractivity contribution >= 4 is 50.5 Å². The zero-order chi connectivity index (χ0) is 18.5. The van der Waals surface area contributed by atoms with Crippen LogP contribution in [0.1, 0.15) is 5.69 Å². The number of benzene rings is 1. The molecule has 2 N–H and O–H groups in total. The van der Waals surface area contributed by atoms with Crippen molar-refractivity contribution in [3.63, 3.8) is 0 Å². The maximum atomic E-state index is 14.3. The van der Waals surface area contributed by atoms with Gasteiger partial charge in [0.15, 0.2) is 0 Å². The second-order valence-corrected chi connectivity index (χ2v) is 8.74. The van der Waals surface area contributed by atoms with E-state index in [1.165, 1.54) is 4.57 Å². The maximum absolute atomic E-state index is 14.3. The monoisotopic (exact) mass is 429 g/mol. The molecule has 1 aromatic heterocycles. The fourth-order valence-corrected chi connectivity index (χ4v) is 3.90. The Hall–Kier alpha value is -1.42. The number of aromatic nitrogens is 2. The molecule has 0 saturated carbocycles. The highest BCUT2D eigenvalue weighted by Crippen LogP contribution is 2.33. The molecular weight excluding hydrogens is 420 g/mol. The molecule has 0 amide bonds. The van der Waals surface area contributed by atoms with E-state index >= 15 is 0 Å². The van der Waals surface area contributed by atoms with Crippen LogP contribution in [-0.4, -0.2) is 33.2 Å². The van der Waals surface area contributed by atoms with Crippen LogP contribution >= 0.6 is 34.8 Å². The van der Waals surface area contributed by atoms with Gasteiger partial charge in [0.2, 0.25) is 15.9 Å². The van der Waals surface area contributed by atoms with E-state index in [-0.39, 0.29) is 40.4 Å². The first-order valence-electron chi connectivity index (χ1n) is 6.88. The lowest BCUT2D eigenvalue weighted by Crippen LogP contribution is -2.24. The second kappa shape index (κ2) is 6.39. The second-order valence-electron chi connectivity index (χ2n) is 5.41. The SMILES string of the molecule is O=c1n2c(c(O)n1-c1cc(NS(=O)(=O)CCl)c(Cl)cc1F)C[C@H](Cl)C2. The van der Waals surface area contributed by atoms with E-state index in [0.29, 0.717) is 0 Å². The first-order valence-corrected chi connectivity index (χ1v) is 9.88. The van der Waals surface area contributed by atoms with Crippen molar-refractivity contribution in [1.82, 2.24) is 9.13 Å². The molecule has 0 radical (unpaired) electrons. The number of anilines is 1. The molecule has 0 bridgehead atoms. The van der Waals surface area contributed by atoms with Gasteiger partial charge in [0, 0.05) is 13.0 Å². The molecule has 1 aliphatic rings. The molecule has 2 aromatic rings. The van der Waals surface area contributed by atoms with Crippen LogP contribution < -0.4 is 10.4 Å². The molecule has 3 rings (SSSR count). The number of hydrogen-bond acceptors (Lipinski definition) is 4. The summed E-state index contributed by atoms with van der Waals surface area (Å²) in [5, 5.41) is 8.98. The van der Waals surface area contributed by atoms with Gasteiger partial charge in [-0.1, -0.05) is 11.6 Å². The van der Waals surface area contributed by atoms with E-state index in [9.17, 15) is 22.7 Å². The van der Waals surface area contributed by atoms with Crippen molar-refractivity contribution in [3.05, 3.63) is 39.2 Å². The highest BCUT2D eigenvalue weighted by molar-refractivity contribution is 7.93.